The second-order valence-electron chi connectivity index (χ2n) is 6.72. The molecule has 4 heteroatoms. The van der Waals surface area contributed by atoms with Gasteiger partial charge in [0.15, 0.2) is 0 Å². The average molecular weight is 283 g/mol. The van der Waals surface area contributed by atoms with Crippen molar-refractivity contribution in [2.45, 2.75) is 32.6 Å². The normalized spacial score (nSPS) is 25.5. The van der Waals surface area contributed by atoms with Gasteiger partial charge in [-0.15, -0.1) is 0 Å². The Morgan fingerprint density at radius 2 is 1.90 bits per heavy atom. The highest BCUT2D eigenvalue weighted by molar-refractivity contribution is 4.88. The Morgan fingerprint density at radius 3 is 2.65 bits per heavy atom. The van der Waals surface area contributed by atoms with Gasteiger partial charge < -0.3 is 19.9 Å². The largest absolute Gasteiger partial charge is 0.381 e. The third-order valence-corrected chi connectivity index (χ3v) is 4.85. The lowest BCUT2D eigenvalue weighted by Crippen LogP contribution is -2.48. The lowest BCUT2D eigenvalue weighted by atomic mass is 9.79. The number of hydrogen-bond acceptors (Lipinski definition) is 4. The molecule has 2 fully saturated rings. The molecule has 0 aromatic heterocycles. The highest BCUT2D eigenvalue weighted by Gasteiger charge is 2.34. The van der Waals surface area contributed by atoms with Gasteiger partial charge in [0.25, 0.3) is 0 Å². The summed E-state index contributed by atoms with van der Waals surface area (Å²) >= 11 is 0. The molecule has 4 nitrogen and oxygen atoms in total. The molecule has 0 aliphatic carbocycles. The quantitative estimate of drug-likeness (QED) is 0.746. The standard InChI is InChI=1S/C16H33N3O/c1-3-7-17-14-16(5-12-20-13-6-16)15-19-9-4-8-18(2)10-11-19/h17H,3-15H2,1-2H3. The first-order valence-electron chi connectivity index (χ1n) is 8.43. The molecule has 1 N–H and O–H groups in total. The number of nitrogens with one attached hydrogen (secondary N) is 1. The Bertz CT molecular complexity index is 266. The Morgan fingerprint density at radius 1 is 1.10 bits per heavy atom. The van der Waals surface area contributed by atoms with Crippen LogP contribution in [0.5, 0.6) is 0 Å². The van der Waals surface area contributed by atoms with Crippen molar-refractivity contribution in [1.82, 2.24) is 15.1 Å². The Balaban J connectivity index is 1.88. The van der Waals surface area contributed by atoms with Crippen LogP contribution in [0.2, 0.25) is 0 Å². The molecule has 0 bridgehead atoms. The van der Waals surface area contributed by atoms with E-state index in [1.807, 2.05) is 0 Å². The van der Waals surface area contributed by atoms with Gasteiger partial charge >= 0.3 is 0 Å². The first-order valence-corrected chi connectivity index (χ1v) is 8.43. The summed E-state index contributed by atoms with van der Waals surface area (Å²) in [4.78, 5) is 5.16. The van der Waals surface area contributed by atoms with Gasteiger partial charge in [-0.2, -0.15) is 0 Å². The first-order chi connectivity index (χ1) is 9.74. The predicted octanol–water partition coefficient (Wildman–Crippen LogP) is 1.42. The SMILES string of the molecule is CCCNCC1(CN2CCCN(C)CC2)CCOCC1. The van der Waals surface area contributed by atoms with Crippen molar-refractivity contribution in [2.75, 3.05) is 66.1 Å². The van der Waals surface area contributed by atoms with Gasteiger partial charge in [-0.1, -0.05) is 6.92 Å². The fourth-order valence-electron chi connectivity index (χ4n) is 3.46. The van der Waals surface area contributed by atoms with Gasteiger partial charge in [0.05, 0.1) is 0 Å². The number of nitrogens with zero attached hydrogens (tertiary/aromatic N) is 2. The molecule has 0 aromatic carbocycles. The summed E-state index contributed by atoms with van der Waals surface area (Å²) in [6.07, 6.45) is 4.97. The van der Waals surface area contributed by atoms with E-state index in [1.165, 1.54) is 58.4 Å². The van der Waals surface area contributed by atoms with E-state index < -0.39 is 0 Å². The van der Waals surface area contributed by atoms with Crippen molar-refractivity contribution in [3.63, 3.8) is 0 Å². The lowest BCUT2D eigenvalue weighted by Gasteiger charge is -2.41. The molecule has 2 saturated heterocycles. The number of likely N-dealkylation sites (N-methyl/N-ethyl adjacent to an activating group) is 1. The number of rotatable bonds is 6. The zero-order valence-electron chi connectivity index (χ0n) is 13.5. The minimum Gasteiger partial charge on any atom is -0.381 e. The van der Waals surface area contributed by atoms with E-state index in [-0.39, 0.29) is 0 Å². The average Bonchev–Trinajstić information content (AvgIpc) is 2.65. The van der Waals surface area contributed by atoms with Crippen LogP contribution in [0.1, 0.15) is 32.6 Å². The fourth-order valence-corrected chi connectivity index (χ4v) is 3.46. The summed E-state index contributed by atoms with van der Waals surface area (Å²) < 4.78 is 5.61. The van der Waals surface area contributed by atoms with E-state index in [9.17, 15) is 0 Å². The van der Waals surface area contributed by atoms with E-state index in [2.05, 4.69) is 29.1 Å². The van der Waals surface area contributed by atoms with E-state index in [0.29, 0.717) is 5.41 Å². The monoisotopic (exact) mass is 283 g/mol. The zero-order valence-corrected chi connectivity index (χ0v) is 13.5. The van der Waals surface area contributed by atoms with Crippen molar-refractivity contribution < 1.29 is 4.74 Å². The summed E-state index contributed by atoms with van der Waals surface area (Å²) in [5, 5.41) is 3.67. The third kappa shape index (κ3) is 4.99. The van der Waals surface area contributed by atoms with Gasteiger partial charge in [0.1, 0.15) is 0 Å². The van der Waals surface area contributed by atoms with Crippen molar-refractivity contribution in [1.29, 1.82) is 0 Å². The highest BCUT2D eigenvalue weighted by Crippen LogP contribution is 2.31. The summed E-state index contributed by atoms with van der Waals surface area (Å²) in [7, 11) is 2.25. The summed E-state index contributed by atoms with van der Waals surface area (Å²) in [5.74, 6) is 0. The summed E-state index contributed by atoms with van der Waals surface area (Å²) in [6, 6.07) is 0. The van der Waals surface area contributed by atoms with E-state index in [0.717, 1.165) is 26.3 Å². The Kier molecular flexibility index (Phi) is 6.75. The minimum absolute atomic E-state index is 0.441. The molecule has 0 amide bonds. The second kappa shape index (κ2) is 8.32. The molecule has 0 saturated carbocycles. The van der Waals surface area contributed by atoms with Crippen LogP contribution in [0.3, 0.4) is 0 Å². The van der Waals surface area contributed by atoms with Crippen LogP contribution in [0, 0.1) is 5.41 Å². The summed E-state index contributed by atoms with van der Waals surface area (Å²) in [6.45, 7) is 12.7. The van der Waals surface area contributed by atoms with Crippen LogP contribution in [-0.4, -0.2) is 75.9 Å². The molecule has 2 rings (SSSR count). The van der Waals surface area contributed by atoms with Crippen LogP contribution in [0.4, 0.5) is 0 Å². The maximum atomic E-state index is 5.61. The summed E-state index contributed by atoms with van der Waals surface area (Å²) in [5.41, 5.74) is 0.441. The molecule has 0 radical (unpaired) electrons. The minimum atomic E-state index is 0.441. The molecule has 2 heterocycles. The second-order valence-corrected chi connectivity index (χ2v) is 6.72. The van der Waals surface area contributed by atoms with Crippen LogP contribution in [0.25, 0.3) is 0 Å². The van der Waals surface area contributed by atoms with Gasteiger partial charge in [0, 0.05) is 39.4 Å². The number of hydrogen-bond donors (Lipinski definition) is 1. The first kappa shape index (κ1) is 16.2. The van der Waals surface area contributed by atoms with Gasteiger partial charge in [-0.3, -0.25) is 0 Å². The molecule has 0 atom stereocenters. The van der Waals surface area contributed by atoms with Gasteiger partial charge in [-0.05, 0) is 57.8 Å². The molecule has 0 spiro atoms. The molecule has 118 valence electrons. The molecular formula is C16H33N3O. The van der Waals surface area contributed by atoms with Gasteiger partial charge in [0.2, 0.25) is 0 Å². The van der Waals surface area contributed by atoms with E-state index in [1.54, 1.807) is 0 Å². The third-order valence-electron chi connectivity index (χ3n) is 4.85. The zero-order chi connectivity index (χ0) is 14.3. The van der Waals surface area contributed by atoms with E-state index >= 15 is 0 Å². The van der Waals surface area contributed by atoms with Crippen molar-refractivity contribution in [2.24, 2.45) is 5.41 Å². The fraction of sp³-hybridized carbons (Fsp3) is 1.00. The lowest BCUT2D eigenvalue weighted by molar-refractivity contribution is -0.00364. The van der Waals surface area contributed by atoms with Crippen molar-refractivity contribution in [3.05, 3.63) is 0 Å². The predicted molar refractivity (Wildman–Crippen MR) is 84.2 cm³/mol. The smallest absolute Gasteiger partial charge is 0.0472 e. The topological polar surface area (TPSA) is 27.7 Å². The van der Waals surface area contributed by atoms with Crippen molar-refractivity contribution in [3.8, 4) is 0 Å². The maximum absolute atomic E-state index is 5.61. The van der Waals surface area contributed by atoms with Crippen LogP contribution in [0.15, 0.2) is 0 Å². The Labute approximate surface area is 124 Å². The molecule has 2 aliphatic rings. The molecule has 0 aromatic rings. The maximum Gasteiger partial charge on any atom is 0.0472 e. The molecular weight excluding hydrogens is 250 g/mol. The van der Waals surface area contributed by atoms with Crippen LogP contribution < -0.4 is 5.32 Å². The number of ether oxygens (including phenoxy) is 1. The van der Waals surface area contributed by atoms with Crippen LogP contribution >= 0.6 is 0 Å². The molecule has 20 heavy (non-hydrogen) atoms. The van der Waals surface area contributed by atoms with Crippen LogP contribution in [-0.2, 0) is 4.74 Å². The van der Waals surface area contributed by atoms with E-state index in [4.69, 9.17) is 4.74 Å². The van der Waals surface area contributed by atoms with Gasteiger partial charge in [-0.25, -0.2) is 0 Å². The molecule has 2 aliphatic heterocycles. The highest BCUT2D eigenvalue weighted by atomic mass is 16.5. The Hall–Kier alpha value is -0.160. The van der Waals surface area contributed by atoms with Crippen molar-refractivity contribution >= 4 is 0 Å². The molecule has 0 unspecified atom stereocenters.